The Morgan fingerprint density at radius 3 is 2.29 bits per heavy atom. The van der Waals surface area contributed by atoms with Gasteiger partial charge < -0.3 is 10.2 Å². The highest BCUT2D eigenvalue weighted by molar-refractivity contribution is 6.36. The van der Waals surface area contributed by atoms with Crippen LogP contribution in [0.1, 0.15) is 17.3 Å². The van der Waals surface area contributed by atoms with E-state index in [1.54, 1.807) is 47.4 Å². The molecule has 8 heteroatoms. The van der Waals surface area contributed by atoms with Crippen molar-refractivity contribution in [2.75, 3.05) is 31.5 Å². The van der Waals surface area contributed by atoms with E-state index in [0.717, 1.165) is 0 Å². The Hall–Kier alpha value is -1.79. The second-order valence-corrected chi connectivity index (χ2v) is 7.85. The molecule has 1 saturated heterocycles. The Morgan fingerprint density at radius 1 is 0.964 bits per heavy atom. The summed E-state index contributed by atoms with van der Waals surface area (Å²) in [5.41, 5.74) is 1.02. The minimum Gasteiger partial charge on any atom is -0.336 e. The average Bonchev–Trinajstić information content (AvgIpc) is 2.69. The molecule has 0 aliphatic carbocycles. The second-order valence-electron chi connectivity index (χ2n) is 6.60. The zero-order valence-corrected chi connectivity index (χ0v) is 17.6. The fourth-order valence-corrected chi connectivity index (χ4v) is 3.78. The number of rotatable bonds is 4. The van der Waals surface area contributed by atoms with Gasteiger partial charge in [0.1, 0.15) is 0 Å². The number of hydrogen-bond acceptors (Lipinski definition) is 3. The third-order valence-electron chi connectivity index (χ3n) is 4.82. The van der Waals surface area contributed by atoms with Gasteiger partial charge in [0.15, 0.2) is 0 Å². The molecule has 0 spiro atoms. The fraction of sp³-hybridized carbons (Fsp3) is 0.300. The minimum atomic E-state index is -0.357. The zero-order chi connectivity index (χ0) is 20.3. The lowest BCUT2D eigenvalue weighted by Gasteiger charge is -2.37. The molecule has 2 amide bonds. The first-order chi connectivity index (χ1) is 13.4. The molecule has 0 aromatic heterocycles. The van der Waals surface area contributed by atoms with Gasteiger partial charge in [-0.1, -0.05) is 46.9 Å². The number of amides is 2. The third-order valence-corrected chi connectivity index (χ3v) is 5.70. The van der Waals surface area contributed by atoms with Crippen molar-refractivity contribution in [2.24, 2.45) is 0 Å². The summed E-state index contributed by atoms with van der Waals surface area (Å²) in [6, 6.07) is 11.6. The molecule has 1 atom stereocenters. The molecule has 1 N–H and O–H groups in total. The van der Waals surface area contributed by atoms with Gasteiger partial charge in [-0.05, 0) is 37.3 Å². The highest BCUT2D eigenvalue weighted by Gasteiger charge is 2.28. The van der Waals surface area contributed by atoms with Crippen molar-refractivity contribution in [1.29, 1.82) is 0 Å². The van der Waals surface area contributed by atoms with Crippen LogP contribution in [-0.4, -0.2) is 53.8 Å². The van der Waals surface area contributed by atoms with E-state index in [4.69, 9.17) is 34.8 Å². The summed E-state index contributed by atoms with van der Waals surface area (Å²) in [5.74, 6) is -0.245. The Kier molecular flexibility index (Phi) is 6.83. The van der Waals surface area contributed by atoms with Gasteiger partial charge in [-0.25, -0.2) is 0 Å². The summed E-state index contributed by atoms with van der Waals surface area (Å²) in [6.07, 6.45) is 0. The van der Waals surface area contributed by atoms with Crippen molar-refractivity contribution in [3.8, 4) is 0 Å². The first-order valence-electron chi connectivity index (χ1n) is 8.90. The first-order valence-corrected chi connectivity index (χ1v) is 10.0. The second kappa shape index (κ2) is 9.14. The highest BCUT2D eigenvalue weighted by atomic mass is 35.5. The van der Waals surface area contributed by atoms with Gasteiger partial charge in [0.05, 0.1) is 27.3 Å². The van der Waals surface area contributed by atoms with Crippen molar-refractivity contribution in [1.82, 2.24) is 9.80 Å². The average molecular weight is 441 g/mol. The molecular formula is C20H20Cl3N3O2. The molecule has 0 radical (unpaired) electrons. The molecule has 0 saturated carbocycles. The van der Waals surface area contributed by atoms with Crippen LogP contribution in [0, 0.1) is 0 Å². The number of benzene rings is 2. The molecule has 3 rings (SSSR count). The van der Waals surface area contributed by atoms with Crippen molar-refractivity contribution >= 4 is 52.3 Å². The van der Waals surface area contributed by atoms with Gasteiger partial charge in [-0.15, -0.1) is 0 Å². The molecular weight excluding hydrogens is 421 g/mol. The molecule has 1 aliphatic rings. The number of hydrogen-bond donors (Lipinski definition) is 1. The van der Waals surface area contributed by atoms with E-state index >= 15 is 0 Å². The van der Waals surface area contributed by atoms with Crippen LogP contribution in [0.15, 0.2) is 42.5 Å². The predicted octanol–water partition coefficient (Wildman–Crippen LogP) is 4.43. The van der Waals surface area contributed by atoms with Crippen LogP contribution in [0.5, 0.6) is 0 Å². The monoisotopic (exact) mass is 439 g/mol. The van der Waals surface area contributed by atoms with Gasteiger partial charge in [-0.3, -0.25) is 14.5 Å². The molecule has 2 aromatic rings. The maximum absolute atomic E-state index is 12.7. The van der Waals surface area contributed by atoms with E-state index in [2.05, 4.69) is 5.32 Å². The Bertz CT molecular complexity index is 883. The fourth-order valence-electron chi connectivity index (χ4n) is 3.11. The predicted molar refractivity (Wildman–Crippen MR) is 113 cm³/mol. The van der Waals surface area contributed by atoms with Gasteiger partial charge in [-0.2, -0.15) is 0 Å². The van der Waals surface area contributed by atoms with E-state index in [-0.39, 0.29) is 17.9 Å². The Balaban J connectivity index is 1.57. The van der Waals surface area contributed by atoms with E-state index in [1.807, 2.05) is 11.8 Å². The maximum atomic E-state index is 12.7. The topological polar surface area (TPSA) is 52.7 Å². The van der Waals surface area contributed by atoms with Crippen molar-refractivity contribution < 1.29 is 9.59 Å². The summed E-state index contributed by atoms with van der Waals surface area (Å²) in [7, 11) is 0. The van der Waals surface area contributed by atoms with Crippen LogP contribution in [-0.2, 0) is 4.79 Å². The van der Waals surface area contributed by atoms with E-state index in [0.29, 0.717) is 52.5 Å². The van der Waals surface area contributed by atoms with E-state index in [1.165, 1.54) is 0 Å². The maximum Gasteiger partial charge on any atom is 0.255 e. The number of nitrogens with one attached hydrogen (secondary N) is 1. The van der Waals surface area contributed by atoms with Crippen molar-refractivity contribution in [3.63, 3.8) is 0 Å². The number of carbonyl (C=O) groups excluding carboxylic acids is 2. The van der Waals surface area contributed by atoms with Crippen LogP contribution >= 0.6 is 34.8 Å². The minimum absolute atomic E-state index is 0.0877. The van der Waals surface area contributed by atoms with E-state index in [9.17, 15) is 9.59 Å². The van der Waals surface area contributed by atoms with Crippen molar-refractivity contribution in [2.45, 2.75) is 13.0 Å². The van der Waals surface area contributed by atoms with Crippen LogP contribution in [0.25, 0.3) is 0 Å². The Morgan fingerprint density at radius 2 is 1.64 bits per heavy atom. The Labute approximate surface area is 179 Å². The standard InChI is InChI=1S/C20H20Cl3N3O2/c1-13(19(27)24-18-7-6-14(21)12-17(18)23)25-8-10-26(11-9-25)20(28)15-4-2-3-5-16(15)22/h2-7,12-13H,8-11H2,1H3,(H,24,27). The summed E-state index contributed by atoms with van der Waals surface area (Å²) in [6.45, 7) is 4.09. The lowest BCUT2D eigenvalue weighted by atomic mass is 10.1. The van der Waals surface area contributed by atoms with Gasteiger partial charge in [0.2, 0.25) is 5.91 Å². The molecule has 2 aromatic carbocycles. The SMILES string of the molecule is CC(C(=O)Nc1ccc(Cl)cc1Cl)N1CCN(C(=O)c2ccccc2Cl)CC1. The number of nitrogens with zero attached hydrogens (tertiary/aromatic N) is 2. The lowest BCUT2D eigenvalue weighted by Crippen LogP contribution is -2.54. The zero-order valence-electron chi connectivity index (χ0n) is 15.3. The third kappa shape index (κ3) is 4.78. The summed E-state index contributed by atoms with van der Waals surface area (Å²) in [5, 5.41) is 4.18. The molecule has 148 valence electrons. The summed E-state index contributed by atoms with van der Waals surface area (Å²) >= 11 is 18.1. The molecule has 1 fully saturated rings. The number of carbonyl (C=O) groups is 2. The quantitative estimate of drug-likeness (QED) is 0.765. The van der Waals surface area contributed by atoms with Crippen LogP contribution in [0.2, 0.25) is 15.1 Å². The number of piperazine rings is 1. The highest BCUT2D eigenvalue weighted by Crippen LogP contribution is 2.26. The summed E-state index contributed by atoms with van der Waals surface area (Å²) in [4.78, 5) is 29.0. The lowest BCUT2D eigenvalue weighted by molar-refractivity contribution is -0.121. The largest absolute Gasteiger partial charge is 0.336 e. The molecule has 5 nitrogen and oxygen atoms in total. The number of halogens is 3. The van der Waals surface area contributed by atoms with Crippen molar-refractivity contribution in [3.05, 3.63) is 63.1 Å². The summed E-state index contributed by atoms with van der Waals surface area (Å²) < 4.78 is 0. The molecule has 1 aliphatic heterocycles. The molecule has 0 bridgehead atoms. The smallest absolute Gasteiger partial charge is 0.255 e. The van der Waals surface area contributed by atoms with Crippen LogP contribution in [0.3, 0.4) is 0 Å². The normalized spacial score (nSPS) is 15.9. The van der Waals surface area contributed by atoms with Gasteiger partial charge >= 0.3 is 0 Å². The molecule has 1 unspecified atom stereocenters. The molecule has 1 heterocycles. The van der Waals surface area contributed by atoms with Gasteiger partial charge in [0.25, 0.3) is 5.91 Å². The number of anilines is 1. The van der Waals surface area contributed by atoms with Gasteiger partial charge in [0, 0.05) is 31.2 Å². The first kappa shape index (κ1) is 20.9. The van der Waals surface area contributed by atoms with E-state index < -0.39 is 0 Å². The van der Waals surface area contributed by atoms with Crippen LogP contribution < -0.4 is 5.32 Å². The van der Waals surface area contributed by atoms with Crippen LogP contribution in [0.4, 0.5) is 5.69 Å². The molecule has 28 heavy (non-hydrogen) atoms.